The van der Waals surface area contributed by atoms with Crippen LogP contribution in [-0.4, -0.2) is 23.6 Å². The second-order valence-electron chi connectivity index (χ2n) is 6.20. The summed E-state index contributed by atoms with van der Waals surface area (Å²) in [5, 5.41) is 12.2. The molecule has 5 heteroatoms. The Morgan fingerprint density at radius 1 is 1.25 bits per heavy atom. The van der Waals surface area contributed by atoms with Gasteiger partial charge in [0, 0.05) is 30.5 Å². The van der Waals surface area contributed by atoms with Gasteiger partial charge in [0.25, 0.3) is 0 Å². The standard InChI is InChI=1S/C19H18N4S/c1-23(11-5-10-20)18-16-15(13-6-3-2-4-7-13)12-24-19(16)22-17(21-18)14-8-9-14/h2-4,6-7,12,14H,5,8-9,11H2,1H3. The summed E-state index contributed by atoms with van der Waals surface area (Å²) in [6.45, 7) is 0.677. The lowest BCUT2D eigenvalue weighted by Gasteiger charge is -2.19. The number of nitriles is 1. The number of benzene rings is 1. The predicted molar refractivity (Wildman–Crippen MR) is 98.3 cm³/mol. The molecule has 0 radical (unpaired) electrons. The Labute approximate surface area is 145 Å². The maximum Gasteiger partial charge on any atom is 0.141 e. The third-order valence-corrected chi connectivity index (χ3v) is 5.25. The third kappa shape index (κ3) is 2.74. The molecule has 1 aromatic carbocycles. The van der Waals surface area contributed by atoms with E-state index in [2.05, 4.69) is 40.6 Å². The fourth-order valence-corrected chi connectivity index (χ4v) is 3.84. The van der Waals surface area contributed by atoms with Crippen LogP contribution in [0.4, 0.5) is 5.82 Å². The van der Waals surface area contributed by atoms with E-state index in [0.717, 1.165) is 21.9 Å². The molecule has 1 saturated carbocycles. The number of fused-ring (bicyclic) bond motifs is 1. The highest BCUT2D eigenvalue weighted by molar-refractivity contribution is 7.17. The van der Waals surface area contributed by atoms with Gasteiger partial charge in [0.2, 0.25) is 0 Å². The second-order valence-corrected chi connectivity index (χ2v) is 7.06. The van der Waals surface area contributed by atoms with E-state index in [1.807, 2.05) is 13.1 Å². The van der Waals surface area contributed by atoms with E-state index < -0.39 is 0 Å². The first kappa shape index (κ1) is 15.1. The number of anilines is 1. The van der Waals surface area contributed by atoms with E-state index in [9.17, 15) is 0 Å². The van der Waals surface area contributed by atoms with E-state index in [1.165, 1.54) is 24.0 Å². The van der Waals surface area contributed by atoms with Gasteiger partial charge in [-0.15, -0.1) is 11.3 Å². The van der Waals surface area contributed by atoms with Gasteiger partial charge in [0.15, 0.2) is 0 Å². The molecule has 4 nitrogen and oxygen atoms in total. The van der Waals surface area contributed by atoms with Crippen molar-refractivity contribution in [3.63, 3.8) is 0 Å². The van der Waals surface area contributed by atoms with Gasteiger partial charge in [-0.3, -0.25) is 0 Å². The van der Waals surface area contributed by atoms with Crippen molar-refractivity contribution in [1.29, 1.82) is 5.26 Å². The molecular weight excluding hydrogens is 316 g/mol. The van der Waals surface area contributed by atoms with Gasteiger partial charge in [-0.2, -0.15) is 5.26 Å². The largest absolute Gasteiger partial charge is 0.358 e. The molecule has 0 spiro atoms. The molecule has 1 fully saturated rings. The first-order valence-corrected chi connectivity index (χ1v) is 9.08. The van der Waals surface area contributed by atoms with Crippen molar-refractivity contribution in [3.05, 3.63) is 41.5 Å². The number of thiophene rings is 1. The van der Waals surface area contributed by atoms with Gasteiger partial charge in [-0.25, -0.2) is 9.97 Å². The number of nitrogens with zero attached hydrogens (tertiary/aromatic N) is 4. The minimum absolute atomic E-state index is 0.492. The highest BCUT2D eigenvalue weighted by Gasteiger charge is 2.29. The zero-order valence-electron chi connectivity index (χ0n) is 13.6. The first-order chi connectivity index (χ1) is 11.8. The SMILES string of the molecule is CN(CCC#N)c1nc(C2CC2)nc2scc(-c3ccccc3)c12. The summed E-state index contributed by atoms with van der Waals surface area (Å²) in [4.78, 5) is 12.9. The van der Waals surface area contributed by atoms with Crippen LogP contribution in [0.1, 0.15) is 31.0 Å². The third-order valence-electron chi connectivity index (χ3n) is 4.38. The fourth-order valence-electron chi connectivity index (χ4n) is 2.89. The molecule has 2 aromatic heterocycles. The average Bonchev–Trinajstić information content (AvgIpc) is 3.39. The smallest absolute Gasteiger partial charge is 0.141 e. The van der Waals surface area contributed by atoms with Crippen molar-refractivity contribution in [2.75, 3.05) is 18.5 Å². The predicted octanol–water partition coefficient (Wildman–Crippen LogP) is 4.59. The van der Waals surface area contributed by atoms with E-state index in [1.54, 1.807) is 11.3 Å². The molecule has 0 N–H and O–H groups in total. The van der Waals surface area contributed by atoms with Crippen LogP contribution in [0.3, 0.4) is 0 Å². The Morgan fingerprint density at radius 3 is 2.75 bits per heavy atom. The molecule has 2 heterocycles. The van der Waals surface area contributed by atoms with Gasteiger partial charge in [-0.1, -0.05) is 30.3 Å². The first-order valence-electron chi connectivity index (χ1n) is 8.20. The maximum atomic E-state index is 8.91. The number of rotatable bonds is 5. The van der Waals surface area contributed by atoms with Crippen molar-refractivity contribution in [1.82, 2.24) is 9.97 Å². The summed E-state index contributed by atoms with van der Waals surface area (Å²) < 4.78 is 0. The lowest BCUT2D eigenvalue weighted by Crippen LogP contribution is -2.20. The van der Waals surface area contributed by atoms with Crippen LogP contribution in [0, 0.1) is 11.3 Å². The molecule has 4 rings (SSSR count). The van der Waals surface area contributed by atoms with Crippen molar-refractivity contribution in [3.8, 4) is 17.2 Å². The van der Waals surface area contributed by atoms with Crippen LogP contribution in [0.5, 0.6) is 0 Å². The van der Waals surface area contributed by atoms with Crippen LogP contribution in [-0.2, 0) is 0 Å². The van der Waals surface area contributed by atoms with Crippen molar-refractivity contribution in [2.24, 2.45) is 0 Å². The molecule has 0 aliphatic heterocycles. The summed E-state index contributed by atoms with van der Waals surface area (Å²) in [6, 6.07) is 12.6. The molecule has 120 valence electrons. The number of aromatic nitrogens is 2. The van der Waals surface area contributed by atoms with Crippen LogP contribution in [0.25, 0.3) is 21.3 Å². The molecule has 0 unspecified atom stereocenters. The summed E-state index contributed by atoms with van der Waals surface area (Å²) in [6.07, 6.45) is 2.86. The van der Waals surface area contributed by atoms with Crippen LogP contribution >= 0.6 is 11.3 Å². The van der Waals surface area contributed by atoms with Gasteiger partial charge in [0.05, 0.1) is 17.9 Å². The topological polar surface area (TPSA) is 52.8 Å². The Bertz CT molecular complexity index is 906. The second kappa shape index (κ2) is 6.21. The number of hydrogen-bond donors (Lipinski definition) is 0. The summed E-state index contributed by atoms with van der Waals surface area (Å²) in [5.41, 5.74) is 2.36. The van der Waals surface area contributed by atoms with E-state index in [0.29, 0.717) is 18.9 Å². The zero-order valence-corrected chi connectivity index (χ0v) is 14.4. The molecular formula is C19H18N4S. The Kier molecular flexibility index (Phi) is 3.91. The van der Waals surface area contributed by atoms with Crippen molar-refractivity contribution in [2.45, 2.75) is 25.2 Å². The van der Waals surface area contributed by atoms with Crippen molar-refractivity contribution < 1.29 is 0 Å². The number of hydrogen-bond acceptors (Lipinski definition) is 5. The fraction of sp³-hybridized carbons (Fsp3) is 0.316. The minimum atomic E-state index is 0.492. The highest BCUT2D eigenvalue weighted by atomic mass is 32.1. The summed E-state index contributed by atoms with van der Waals surface area (Å²) >= 11 is 1.68. The average molecular weight is 334 g/mol. The lowest BCUT2D eigenvalue weighted by molar-refractivity contribution is 0.863. The van der Waals surface area contributed by atoms with Gasteiger partial charge in [0.1, 0.15) is 16.5 Å². The molecule has 0 saturated heterocycles. The Morgan fingerprint density at radius 2 is 2.04 bits per heavy atom. The molecule has 0 bridgehead atoms. The monoisotopic (exact) mass is 334 g/mol. The zero-order chi connectivity index (χ0) is 16.5. The lowest BCUT2D eigenvalue weighted by atomic mass is 10.1. The maximum absolute atomic E-state index is 8.91. The van der Waals surface area contributed by atoms with E-state index in [4.69, 9.17) is 15.2 Å². The molecule has 0 atom stereocenters. The van der Waals surface area contributed by atoms with Gasteiger partial charge < -0.3 is 4.90 Å². The minimum Gasteiger partial charge on any atom is -0.358 e. The Balaban J connectivity index is 1.88. The normalized spacial score (nSPS) is 13.8. The van der Waals surface area contributed by atoms with E-state index >= 15 is 0 Å². The molecule has 0 amide bonds. The Hall–Kier alpha value is -2.45. The van der Waals surface area contributed by atoms with Crippen LogP contribution < -0.4 is 4.90 Å². The summed E-state index contributed by atoms with van der Waals surface area (Å²) in [7, 11) is 2.02. The quantitative estimate of drug-likeness (QED) is 0.685. The highest BCUT2D eigenvalue weighted by Crippen LogP contribution is 2.43. The van der Waals surface area contributed by atoms with Crippen LogP contribution in [0.15, 0.2) is 35.7 Å². The van der Waals surface area contributed by atoms with Gasteiger partial charge >= 0.3 is 0 Å². The molecule has 24 heavy (non-hydrogen) atoms. The molecule has 3 aromatic rings. The summed E-state index contributed by atoms with van der Waals surface area (Å²) in [5.74, 6) is 2.43. The van der Waals surface area contributed by atoms with Crippen LogP contribution in [0.2, 0.25) is 0 Å². The van der Waals surface area contributed by atoms with E-state index in [-0.39, 0.29) is 0 Å². The molecule has 1 aliphatic rings. The molecule has 1 aliphatic carbocycles. The van der Waals surface area contributed by atoms with Gasteiger partial charge in [-0.05, 0) is 18.4 Å². The van der Waals surface area contributed by atoms with Crippen molar-refractivity contribution >= 4 is 27.4 Å².